The van der Waals surface area contributed by atoms with Crippen LogP contribution < -0.4 is 21.7 Å². The molecule has 0 heterocycles. The third kappa shape index (κ3) is 10.9. The first-order valence-corrected chi connectivity index (χ1v) is 11.1. The van der Waals surface area contributed by atoms with Gasteiger partial charge in [0.15, 0.2) is 0 Å². The molecule has 4 unspecified atom stereocenters. The quantitative estimate of drug-likeness (QED) is 0.125. The summed E-state index contributed by atoms with van der Waals surface area (Å²) in [5, 5.41) is 33.5. The van der Waals surface area contributed by atoms with Crippen LogP contribution in [0.15, 0.2) is 30.3 Å². The number of nitrogens with one attached hydrogen (secondary N) is 3. The zero-order valence-electron chi connectivity index (χ0n) is 18.5. The lowest BCUT2D eigenvalue weighted by Gasteiger charge is -2.24. The molecule has 1 rings (SSSR count). The van der Waals surface area contributed by atoms with Crippen LogP contribution in [0.2, 0.25) is 0 Å². The number of benzene rings is 1. The molecule has 13 nitrogen and oxygen atoms in total. The fourth-order valence-electron chi connectivity index (χ4n) is 2.89. The number of hydrogen-bond acceptors (Lipinski definition) is 8. The van der Waals surface area contributed by atoms with Crippen LogP contribution in [0.5, 0.6) is 0 Å². The Hall–Kier alpha value is -3.65. The smallest absolute Gasteiger partial charge is 0.326 e. The molecule has 0 radical (unpaired) electrons. The summed E-state index contributed by atoms with van der Waals surface area (Å²) in [5.74, 6) is -7.26. The molecule has 0 aliphatic rings. The van der Waals surface area contributed by atoms with Gasteiger partial charge in [0.1, 0.15) is 18.1 Å². The molecule has 4 atom stereocenters. The second-order valence-electron chi connectivity index (χ2n) is 7.53. The van der Waals surface area contributed by atoms with Gasteiger partial charge in [-0.1, -0.05) is 30.3 Å². The van der Waals surface area contributed by atoms with E-state index in [1.165, 1.54) is 0 Å². The number of carboxylic acid groups (broad SMARTS) is 3. The van der Waals surface area contributed by atoms with E-state index in [0.29, 0.717) is 0 Å². The lowest BCUT2D eigenvalue weighted by molar-refractivity contribution is -0.147. The maximum atomic E-state index is 12.7. The topological polar surface area (TPSA) is 225 Å². The molecule has 14 heteroatoms. The Kier molecular flexibility index (Phi) is 12.2. The molecule has 1 aromatic carbocycles. The Balaban J connectivity index is 2.87. The van der Waals surface area contributed by atoms with Crippen LogP contribution in [0.25, 0.3) is 0 Å². The molecule has 0 saturated carbocycles. The monoisotopic (exact) mass is 512 g/mol. The van der Waals surface area contributed by atoms with E-state index < -0.39 is 79.1 Å². The van der Waals surface area contributed by atoms with E-state index in [0.717, 1.165) is 5.56 Å². The molecule has 0 bridgehead atoms. The summed E-state index contributed by atoms with van der Waals surface area (Å²) in [7, 11) is 0. The summed E-state index contributed by atoms with van der Waals surface area (Å²) in [5.41, 5.74) is 6.70. The molecule has 0 spiro atoms. The number of aliphatic carboxylic acids is 3. The molecular formula is C21H28N4O9S. The maximum Gasteiger partial charge on any atom is 0.326 e. The molecular weight excluding hydrogens is 484 g/mol. The van der Waals surface area contributed by atoms with Crippen molar-refractivity contribution in [2.75, 3.05) is 5.75 Å². The van der Waals surface area contributed by atoms with E-state index in [4.69, 9.17) is 21.1 Å². The molecule has 0 aromatic heterocycles. The minimum Gasteiger partial charge on any atom is -0.481 e. The summed E-state index contributed by atoms with van der Waals surface area (Å²) in [6, 6.07) is 3.33. The zero-order chi connectivity index (χ0) is 26.5. The van der Waals surface area contributed by atoms with Crippen molar-refractivity contribution in [2.45, 2.75) is 49.9 Å². The maximum absolute atomic E-state index is 12.7. The summed E-state index contributed by atoms with van der Waals surface area (Å²) in [6.07, 6.45) is -1.73. The predicted molar refractivity (Wildman–Crippen MR) is 125 cm³/mol. The summed E-state index contributed by atoms with van der Waals surface area (Å²) in [4.78, 5) is 70.7. The average molecular weight is 513 g/mol. The van der Waals surface area contributed by atoms with Gasteiger partial charge in [0.25, 0.3) is 0 Å². The van der Waals surface area contributed by atoms with E-state index >= 15 is 0 Å². The second-order valence-corrected chi connectivity index (χ2v) is 7.90. The first kappa shape index (κ1) is 29.4. The number of amides is 3. The van der Waals surface area contributed by atoms with Crippen LogP contribution in [0, 0.1) is 0 Å². The Morgan fingerprint density at radius 1 is 0.800 bits per heavy atom. The molecule has 1 aromatic rings. The fraction of sp³-hybridized carbons (Fsp3) is 0.429. The molecule has 3 amide bonds. The van der Waals surface area contributed by atoms with Crippen molar-refractivity contribution in [3.05, 3.63) is 35.9 Å². The van der Waals surface area contributed by atoms with Gasteiger partial charge in [0.05, 0.1) is 12.5 Å². The predicted octanol–water partition coefficient (Wildman–Crippen LogP) is -1.64. The van der Waals surface area contributed by atoms with Crippen LogP contribution in [-0.4, -0.2) is 80.9 Å². The van der Waals surface area contributed by atoms with E-state index in [1.54, 1.807) is 30.3 Å². The van der Waals surface area contributed by atoms with E-state index in [2.05, 4.69) is 23.3 Å². The lowest BCUT2D eigenvalue weighted by Crippen LogP contribution is -2.58. The van der Waals surface area contributed by atoms with E-state index in [9.17, 15) is 28.8 Å². The third-order valence-electron chi connectivity index (χ3n) is 4.72. The summed E-state index contributed by atoms with van der Waals surface area (Å²) < 4.78 is 0. The lowest BCUT2D eigenvalue weighted by atomic mass is 10.1. The number of nitrogens with two attached hydrogens (primary N) is 1. The van der Waals surface area contributed by atoms with Gasteiger partial charge < -0.3 is 37.0 Å². The highest BCUT2D eigenvalue weighted by atomic mass is 32.1. The highest BCUT2D eigenvalue weighted by Gasteiger charge is 2.31. The van der Waals surface area contributed by atoms with Crippen LogP contribution in [0.3, 0.4) is 0 Å². The van der Waals surface area contributed by atoms with E-state index in [-0.39, 0.29) is 12.2 Å². The van der Waals surface area contributed by atoms with Gasteiger partial charge in [0, 0.05) is 12.2 Å². The fourth-order valence-corrected chi connectivity index (χ4v) is 3.15. The highest BCUT2D eigenvalue weighted by molar-refractivity contribution is 7.80. The van der Waals surface area contributed by atoms with Crippen molar-refractivity contribution in [3.63, 3.8) is 0 Å². The molecule has 8 N–H and O–H groups in total. The number of carbonyl (C=O) groups is 6. The molecule has 0 saturated heterocycles. The number of carboxylic acids is 3. The van der Waals surface area contributed by atoms with Gasteiger partial charge in [0.2, 0.25) is 17.7 Å². The molecule has 0 aliphatic heterocycles. The highest BCUT2D eigenvalue weighted by Crippen LogP contribution is 2.05. The second kappa shape index (κ2) is 14.6. The number of hydrogen-bond donors (Lipinski definition) is 8. The minimum atomic E-state index is -1.81. The van der Waals surface area contributed by atoms with E-state index in [1.807, 2.05) is 5.32 Å². The summed E-state index contributed by atoms with van der Waals surface area (Å²) in [6.45, 7) is 0. The van der Waals surface area contributed by atoms with Gasteiger partial charge in [-0.25, -0.2) is 4.79 Å². The van der Waals surface area contributed by atoms with Gasteiger partial charge in [-0.3, -0.25) is 24.0 Å². The first-order chi connectivity index (χ1) is 16.4. The van der Waals surface area contributed by atoms with Gasteiger partial charge in [-0.2, -0.15) is 12.6 Å². The van der Waals surface area contributed by atoms with Crippen LogP contribution >= 0.6 is 12.6 Å². The van der Waals surface area contributed by atoms with Crippen molar-refractivity contribution in [2.24, 2.45) is 5.73 Å². The van der Waals surface area contributed by atoms with Crippen molar-refractivity contribution in [1.29, 1.82) is 0 Å². The molecule has 0 fully saturated rings. The average Bonchev–Trinajstić information content (AvgIpc) is 2.79. The SMILES string of the molecule is NC(Cc1ccccc1)C(=O)NC(CS)C(=O)NC(CCC(=O)O)C(=O)NC(CC(=O)O)C(=O)O. The molecule has 0 aliphatic carbocycles. The summed E-state index contributed by atoms with van der Waals surface area (Å²) >= 11 is 4.02. The normalized spacial score (nSPS) is 14.0. The molecule has 35 heavy (non-hydrogen) atoms. The minimum absolute atomic E-state index is 0.192. The van der Waals surface area contributed by atoms with Crippen molar-refractivity contribution < 1.29 is 44.1 Å². The Labute approximate surface area is 205 Å². The van der Waals surface area contributed by atoms with Gasteiger partial charge >= 0.3 is 17.9 Å². The van der Waals surface area contributed by atoms with Crippen molar-refractivity contribution in [1.82, 2.24) is 16.0 Å². The van der Waals surface area contributed by atoms with Crippen LogP contribution in [-0.2, 0) is 35.2 Å². The van der Waals surface area contributed by atoms with Gasteiger partial charge in [-0.05, 0) is 18.4 Å². The largest absolute Gasteiger partial charge is 0.481 e. The number of thiol groups is 1. The number of carbonyl (C=O) groups excluding carboxylic acids is 3. The van der Waals surface area contributed by atoms with Gasteiger partial charge in [-0.15, -0.1) is 0 Å². The third-order valence-corrected chi connectivity index (χ3v) is 5.09. The Bertz CT molecular complexity index is 929. The Morgan fingerprint density at radius 3 is 1.86 bits per heavy atom. The molecule has 192 valence electrons. The Morgan fingerprint density at radius 2 is 1.34 bits per heavy atom. The van der Waals surface area contributed by atoms with Crippen molar-refractivity contribution in [3.8, 4) is 0 Å². The van der Waals surface area contributed by atoms with Crippen LogP contribution in [0.4, 0.5) is 0 Å². The zero-order valence-corrected chi connectivity index (χ0v) is 19.4. The first-order valence-electron chi connectivity index (χ1n) is 10.4. The van der Waals surface area contributed by atoms with Crippen LogP contribution in [0.1, 0.15) is 24.8 Å². The number of rotatable bonds is 15. The van der Waals surface area contributed by atoms with Crippen molar-refractivity contribution >= 4 is 48.3 Å². The standard InChI is InChI=1S/C21H28N4O9S/c22-12(8-11-4-2-1-3-5-11)18(30)25-15(10-35)20(32)23-13(6-7-16(26)27)19(31)24-14(21(33)34)9-17(28)29/h1-5,12-15,35H,6-10,22H2,(H,23,32)(H,24,31)(H,25,30)(H,26,27)(H,28,29)(H,33,34).